The molecule has 0 fully saturated rings. The predicted molar refractivity (Wildman–Crippen MR) is 72.3 cm³/mol. The highest BCUT2D eigenvalue weighted by Gasteiger charge is 2.05. The first-order valence-electron chi connectivity index (χ1n) is 5.81. The van der Waals surface area contributed by atoms with Crippen molar-refractivity contribution in [2.75, 3.05) is 19.4 Å². The molecule has 0 atom stereocenters. The molecule has 3 N–H and O–H groups in total. The van der Waals surface area contributed by atoms with Gasteiger partial charge >= 0.3 is 0 Å². The van der Waals surface area contributed by atoms with Crippen LogP contribution in [-0.4, -0.2) is 33.7 Å². The van der Waals surface area contributed by atoms with Crippen LogP contribution in [0.3, 0.4) is 0 Å². The van der Waals surface area contributed by atoms with E-state index in [9.17, 15) is 13.2 Å². The minimum atomic E-state index is -3.45. The number of carbonyl (C=O) groups is 1. The molecule has 1 aromatic rings. The smallest absolute Gasteiger partial charge is 0.224 e. The van der Waals surface area contributed by atoms with E-state index in [0.29, 0.717) is 13.0 Å². The molecule has 19 heavy (non-hydrogen) atoms. The zero-order valence-corrected chi connectivity index (χ0v) is 11.6. The molecule has 1 aromatic carbocycles. The van der Waals surface area contributed by atoms with Gasteiger partial charge in [-0.25, -0.2) is 13.6 Å². The Hall–Kier alpha value is -1.60. The van der Waals surface area contributed by atoms with Crippen molar-refractivity contribution in [2.45, 2.75) is 12.8 Å². The lowest BCUT2D eigenvalue weighted by Crippen LogP contribution is -2.28. The van der Waals surface area contributed by atoms with E-state index in [1.54, 1.807) is 19.2 Å². The second-order valence-electron chi connectivity index (χ2n) is 4.10. The highest BCUT2D eigenvalue weighted by Crippen LogP contribution is 2.11. The molecule has 0 saturated heterocycles. The third-order valence-corrected chi connectivity index (χ3v) is 3.31. The van der Waals surface area contributed by atoms with Gasteiger partial charge in [0.05, 0.1) is 19.3 Å². The summed E-state index contributed by atoms with van der Waals surface area (Å²) in [5.74, 6) is 0.451. The lowest BCUT2D eigenvalue weighted by atomic mass is 10.1. The van der Waals surface area contributed by atoms with Crippen LogP contribution in [0.2, 0.25) is 0 Å². The fraction of sp³-hybridized carbons (Fsp3) is 0.417. The van der Waals surface area contributed by atoms with E-state index in [1.165, 1.54) is 0 Å². The fourth-order valence-corrected chi connectivity index (χ4v) is 2.04. The van der Waals surface area contributed by atoms with Gasteiger partial charge in [0.25, 0.3) is 0 Å². The molecule has 0 spiro atoms. The van der Waals surface area contributed by atoms with E-state index in [4.69, 9.17) is 9.88 Å². The van der Waals surface area contributed by atoms with Gasteiger partial charge in [0.1, 0.15) is 5.75 Å². The van der Waals surface area contributed by atoms with Crippen LogP contribution in [0.5, 0.6) is 5.75 Å². The lowest BCUT2D eigenvalue weighted by molar-refractivity contribution is -0.120. The molecular weight excluding hydrogens is 268 g/mol. The molecule has 0 aliphatic carbocycles. The van der Waals surface area contributed by atoms with E-state index in [0.717, 1.165) is 11.3 Å². The number of hydrogen-bond acceptors (Lipinski definition) is 4. The van der Waals surface area contributed by atoms with Gasteiger partial charge in [-0.15, -0.1) is 0 Å². The maximum absolute atomic E-state index is 11.6. The number of nitrogens with two attached hydrogens (primary N) is 1. The number of sulfonamides is 1. The van der Waals surface area contributed by atoms with Crippen molar-refractivity contribution in [1.29, 1.82) is 0 Å². The number of ether oxygens (including phenoxy) is 1. The molecule has 0 bridgehead atoms. The summed E-state index contributed by atoms with van der Waals surface area (Å²) in [6.07, 6.45) is 0.562. The number of nitrogens with one attached hydrogen (secondary N) is 1. The number of rotatable bonds is 7. The first-order chi connectivity index (χ1) is 8.90. The topological polar surface area (TPSA) is 98.5 Å². The second-order valence-corrected chi connectivity index (χ2v) is 5.83. The molecule has 0 aliphatic rings. The van der Waals surface area contributed by atoms with Gasteiger partial charge in [0.2, 0.25) is 15.9 Å². The lowest BCUT2D eigenvalue weighted by Gasteiger charge is -2.05. The van der Waals surface area contributed by atoms with Crippen LogP contribution in [0.25, 0.3) is 0 Å². The molecule has 7 heteroatoms. The molecule has 0 unspecified atom stereocenters. The largest absolute Gasteiger partial charge is 0.497 e. The van der Waals surface area contributed by atoms with Crippen molar-refractivity contribution in [3.05, 3.63) is 29.8 Å². The van der Waals surface area contributed by atoms with E-state index in [1.807, 2.05) is 12.1 Å². The molecule has 106 valence electrons. The molecule has 1 rings (SSSR count). The standard InChI is InChI=1S/C12H18N2O4S/c1-18-11-5-3-10(4-6-11)9-12(15)14-7-2-8-19(13,16)17/h3-6H,2,7-9H2,1H3,(H,14,15)(H2,13,16,17). The Balaban J connectivity index is 2.30. The summed E-state index contributed by atoms with van der Waals surface area (Å²) in [4.78, 5) is 11.6. The van der Waals surface area contributed by atoms with Gasteiger partial charge in [0, 0.05) is 6.54 Å². The maximum Gasteiger partial charge on any atom is 0.224 e. The summed E-state index contributed by atoms with van der Waals surface area (Å²) in [6, 6.07) is 7.18. The first-order valence-corrected chi connectivity index (χ1v) is 7.52. The summed E-state index contributed by atoms with van der Waals surface area (Å²) in [5.41, 5.74) is 0.866. The van der Waals surface area contributed by atoms with Crippen LogP contribution >= 0.6 is 0 Å². The van der Waals surface area contributed by atoms with Gasteiger partial charge < -0.3 is 10.1 Å². The minimum Gasteiger partial charge on any atom is -0.497 e. The molecular formula is C12H18N2O4S. The molecule has 0 radical (unpaired) electrons. The van der Waals surface area contributed by atoms with Crippen LogP contribution in [0.15, 0.2) is 24.3 Å². The van der Waals surface area contributed by atoms with Gasteiger partial charge in [-0.2, -0.15) is 0 Å². The van der Waals surface area contributed by atoms with Crippen molar-refractivity contribution in [3.8, 4) is 5.75 Å². The summed E-state index contributed by atoms with van der Waals surface area (Å²) >= 11 is 0. The highest BCUT2D eigenvalue weighted by atomic mass is 32.2. The fourth-order valence-electron chi connectivity index (χ4n) is 1.49. The van der Waals surface area contributed by atoms with Crippen molar-refractivity contribution in [2.24, 2.45) is 5.14 Å². The summed E-state index contributed by atoms with van der Waals surface area (Å²) in [7, 11) is -1.88. The summed E-state index contributed by atoms with van der Waals surface area (Å²) < 4.78 is 26.4. The minimum absolute atomic E-state index is 0.129. The van der Waals surface area contributed by atoms with Gasteiger partial charge in [0.15, 0.2) is 0 Å². The van der Waals surface area contributed by atoms with E-state index >= 15 is 0 Å². The van der Waals surface area contributed by atoms with Crippen LogP contribution in [0, 0.1) is 0 Å². The Morgan fingerprint density at radius 2 is 1.95 bits per heavy atom. The Labute approximate surface area is 113 Å². The molecule has 0 aromatic heterocycles. The van der Waals surface area contributed by atoms with Crippen molar-refractivity contribution < 1.29 is 17.9 Å². The average molecular weight is 286 g/mol. The van der Waals surface area contributed by atoms with Crippen LogP contribution in [-0.2, 0) is 21.2 Å². The quantitative estimate of drug-likeness (QED) is 0.691. The van der Waals surface area contributed by atoms with E-state index < -0.39 is 10.0 Å². The number of primary sulfonamides is 1. The summed E-state index contributed by atoms with van der Waals surface area (Å²) in [5, 5.41) is 7.49. The predicted octanol–water partition coefficient (Wildman–Crippen LogP) is 0.0325. The van der Waals surface area contributed by atoms with Crippen LogP contribution < -0.4 is 15.2 Å². The third kappa shape index (κ3) is 6.78. The Morgan fingerprint density at radius 1 is 1.32 bits per heavy atom. The molecule has 0 aliphatic heterocycles. The zero-order valence-electron chi connectivity index (χ0n) is 10.8. The first kappa shape index (κ1) is 15.5. The second kappa shape index (κ2) is 7.10. The Bertz CT molecular complexity index is 511. The molecule has 6 nitrogen and oxygen atoms in total. The van der Waals surface area contributed by atoms with Gasteiger partial charge in [-0.3, -0.25) is 4.79 Å². The molecule has 1 amide bonds. The number of hydrogen-bond donors (Lipinski definition) is 2. The molecule has 0 heterocycles. The highest BCUT2D eigenvalue weighted by molar-refractivity contribution is 7.89. The van der Waals surface area contributed by atoms with Crippen LogP contribution in [0.1, 0.15) is 12.0 Å². The van der Waals surface area contributed by atoms with Gasteiger partial charge in [-0.05, 0) is 24.1 Å². The monoisotopic (exact) mass is 286 g/mol. The number of amides is 1. The molecule has 0 saturated carbocycles. The van der Waals surface area contributed by atoms with Crippen molar-refractivity contribution in [3.63, 3.8) is 0 Å². The normalized spacial score (nSPS) is 11.1. The number of carbonyl (C=O) groups excluding carboxylic acids is 1. The zero-order chi connectivity index (χ0) is 14.3. The average Bonchev–Trinajstić information content (AvgIpc) is 2.34. The third-order valence-electron chi connectivity index (χ3n) is 2.45. The van der Waals surface area contributed by atoms with Crippen LogP contribution in [0.4, 0.5) is 0 Å². The van der Waals surface area contributed by atoms with E-state index in [2.05, 4.69) is 5.32 Å². The van der Waals surface area contributed by atoms with Crippen molar-refractivity contribution in [1.82, 2.24) is 5.32 Å². The van der Waals surface area contributed by atoms with Crippen molar-refractivity contribution >= 4 is 15.9 Å². The van der Waals surface area contributed by atoms with E-state index in [-0.39, 0.29) is 18.1 Å². The summed E-state index contributed by atoms with van der Waals surface area (Å²) in [6.45, 7) is 0.297. The maximum atomic E-state index is 11.6. The van der Waals surface area contributed by atoms with Gasteiger partial charge in [-0.1, -0.05) is 12.1 Å². The number of methoxy groups -OCH3 is 1. The number of benzene rings is 1. The SMILES string of the molecule is COc1ccc(CC(=O)NCCCS(N)(=O)=O)cc1. The Morgan fingerprint density at radius 3 is 2.47 bits per heavy atom. The Kier molecular flexibility index (Phi) is 5.78.